The second kappa shape index (κ2) is 8.47. The highest BCUT2D eigenvalue weighted by atomic mass is 32.2. The van der Waals surface area contributed by atoms with Crippen LogP contribution in [0.4, 0.5) is 0 Å². The number of hydrogen-bond donors (Lipinski definition) is 0. The van der Waals surface area contributed by atoms with Crippen molar-refractivity contribution in [2.24, 2.45) is 0 Å². The third kappa shape index (κ3) is 6.65. The van der Waals surface area contributed by atoms with Gasteiger partial charge in [-0.1, -0.05) is 17.7 Å². The SMILES string of the molecule is COC(=O)CC(=O)CC/C=C(/C)OS(=O)(=O)c1ccc(C)cc1. The number of esters is 1. The fourth-order valence-corrected chi connectivity index (χ4v) is 2.70. The van der Waals surface area contributed by atoms with Crippen LogP contribution < -0.4 is 0 Å². The zero-order valence-corrected chi connectivity index (χ0v) is 14.2. The molecule has 0 amide bonds. The van der Waals surface area contributed by atoms with Gasteiger partial charge in [0.1, 0.15) is 22.9 Å². The molecule has 23 heavy (non-hydrogen) atoms. The number of carbonyl (C=O) groups excluding carboxylic acids is 2. The number of ether oxygens (including phenoxy) is 1. The molecule has 0 saturated heterocycles. The summed E-state index contributed by atoms with van der Waals surface area (Å²) in [4.78, 5) is 22.4. The highest BCUT2D eigenvalue weighted by molar-refractivity contribution is 7.86. The number of methoxy groups -OCH3 is 1. The quantitative estimate of drug-likeness (QED) is 0.313. The van der Waals surface area contributed by atoms with Crippen molar-refractivity contribution in [3.05, 3.63) is 41.7 Å². The standard InChI is InChI=1S/C16H20O6S/c1-12-7-9-15(10-8-12)23(19,20)22-13(2)5-4-6-14(17)11-16(18)21-3/h5,7-10H,4,6,11H2,1-3H3/b13-5-. The van der Waals surface area contributed by atoms with E-state index in [1.807, 2.05) is 6.92 Å². The Bertz CT molecular complexity index is 686. The number of rotatable bonds is 8. The number of ketones is 1. The zero-order valence-electron chi connectivity index (χ0n) is 13.4. The van der Waals surface area contributed by atoms with Crippen LogP contribution in [-0.2, 0) is 28.6 Å². The van der Waals surface area contributed by atoms with Gasteiger partial charge in [0.2, 0.25) is 0 Å². The Morgan fingerprint density at radius 2 is 1.78 bits per heavy atom. The van der Waals surface area contributed by atoms with Crippen molar-refractivity contribution in [2.45, 2.75) is 38.0 Å². The molecular weight excluding hydrogens is 320 g/mol. The third-order valence-electron chi connectivity index (χ3n) is 2.97. The van der Waals surface area contributed by atoms with Crippen LogP contribution in [-0.4, -0.2) is 27.3 Å². The highest BCUT2D eigenvalue weighted by Gasteiger charge is 2.16. The molecule has 0 saturated carbocycles. The molecule has 0 aliphatic heterocycles. The van der Waals surface area contributed by atoms with Gasteiger partial charge < -0.3 is 8.92 Å². The summed E-state index contributed by atoms with van der Waals surface area (Å²) in [7, 11) is -2.67. The average molecular weight is 340 g/mol. The maximum Gasteiger partial charge on any atom is 0.338 e. The molecule has 0 spiro atoms. The van der Waals surface area contributed by atoms with E-state index < -0.39 is 16.1 Å². The van der Waals surface area contributed by atoms with Gasteiger partial charge in [-0.2, -0.15) is 8.42 Å². The Balaban J connectivity index is 2.57. The maximum atomic E-state index is 12.0. The molecule has 0 fully saturated rings. The zero-order chi connectivity index (χ0) is 17.5. The first-order valence-corrected chi connectivity index (χ1v) is 8.42. The van der Waals surface area contributed by atoms with Crippen LogP contribution in [0.5, 0.6) is 0 Å². The molecule has 0 radical (unpaired) electrons. The molecule has 0 bridgehead atoms. The lowest BCUT2D eigenvalue weighted by atomic mass is 10.1. The second-order valence-corrected chi connectivity index (χ2v) is 6.54. The van der Waals surface area contributed by atoms with E-state index >= 15 is 0 Å². The molecule has 7 heteroatoms. The minimum atomic E-state index is -3.88. The number of Topliss-reactive ketones (excluding diaryl/α,β-unsaturated/α-hetero) is 1. The predicted molar refractivity (Wildman–Crippen MR) is 84.1 cm³/mol. The molecule has 0 atom stereocenters. The molecule has 0 heterocycles. The lowest BCUT2D eigenvalue weighted by Gasteiger charge is -2.07. The van der Waals surface area contributed by atoms with E-state index in [-0.39, 0.29) is 35.7 Å². The molecule has 126 valence electrons. The Kier molecular flexibility index (Phi) is 6.96. The fraction of sp³-hybridized carbons (Fsp3) is 0.375. The second-order valence-electron chi connectivity index (χ2n) is 5.00. The van der Waals surface area contributed by atoms with E-state index in [0.29, 0.717) is 0 Å². The Morgan fingerprint density at radius 3 is 2.35 bits per heavy atom. The summed E-state index contributed by atoms with van der Waals surface area (Å²) in [6, 6.07) is 6.30. The lowest BCUT2D eigenvalue weighted by Crippen LogP contribution is -2.09. The summed E-state index contributed by atoms with van der Waals surface area (Å²) in [5, 5.41) is 0. The Labute approximate surface area is 136 Å². The molecule has 6 nitrogen and oxygen atoms in total. The summed E-state index contributed by atoms with van der Waals surface area (Å²) >= 11 is 0. The molecule has 0 aromatic heterocycles. The molecular formula is C16H20O6S. The monoisotopic (exact) mass is 340 g/mol. The normalized spacial score (nSPS) is 11.9. The molecule has 0 N–H and O–H groups in total. The summed E-state index contributed by atoms with van der Waals surface area (Å²) in [6.07, 6.45) is 1.61. The van der Waals surface area contributed by atoms with E-state index in [4.69, 9.17) is 4.18 Å². The first-order valence-electron chi connectivity index (χ1n) is 7.01. The molecule has 1 rings (SSSR count). The van der Waals surface area contributed by atoms with Crippen molar-refractivity contribution in [3.63, 3.8) is 0 Å². The van der Waals surface area contributed by atoms with E-state index in [9.17, 15) is 18.0 Å². The minimum Gasteiger partial charge on any atom is -0.469 e. The number of benzene rings is 1. The average Bonchev–Trinajstić information content (AvgIpc) is 2.46. The van der Waals surface area contributed by atoms with Crippen molar-refractivity contribution in [1.82, 2.24) is 0 Å². The molecule has 0 aliphatic carbocycles. The van der Waals surface area contributed by atoms with Gasteiger partial charge in [0, 0.05) is 6.42 Å². The summed E-state index contributed by atoms with van der Waals surface area (Å²) in [6.45, 7) is 3.35. The summed E-state index contributed by atoms with van der Waals surface area (Å²) in [5.41, 5.74) is 0.945. The van der Waals surface area contributed by atoms with E-state index in [2.05, 4.69) is 4.74 Å². The topological polar surface area (TPSA) is 86.7 Å². The number of carbonyl (C=O) groups is 2. The summed E-state index contributed by atoms with van der Waals surface area (Å²) < 4.78 is 33.5. The van der Waals surface area contributed by atoms with Crippen molar-refractivity contribution in [3.8, 4) is 0 Å². The Morgan fingerprint density at radius 1 is 1.17 bits per heavy atom. The van der Waals surface area contributed by atoms with Gasteiger partial charge in [0.25, 0.3) is 0 Å². The maximum absolute atomic E-state index is 12.0. The van der Waals surface area contributed by atoms with Crippen molar-refractivity contribution in [2.75, 3.05) is 7.11 Å². The van der Waals surface area contributed by atoms with Crippen molar-refractivity contribution >= 4 is 21.9 Å². The van der Waals surface area contributed by atoms with Gasteiger partial charge in [-0.05, 0) is 38.5 Å². The predicted octanol–water partition coefficient (Wildman–Crippen LogP) is 2.52. The van der Waals surface area contributed by atoms with Crippen LogP contribution >= 0.6 is 0 Å². The fourth-order valence-electron chi connectivity index (χ4n) is 1.72. The van der Waals surface area contributed by atoms with Crippen LogP contribution in [0.25, 0.3) is 0 Å². The van der Waals surface area contributed by atoms with Gasteiger partial charge in [-0.15, -0.1) is 0 Å². The van der Waals surface area contributed by atoms with E-state index in [1.54, 1.807) is 12.1 Å². The van der Waals surface area contributed by atoms with Gasteiger partial charge in [0.15, 0.2) is 0 Å². The van der Waals surface area contributed by atoms with Gasteiger partial charge in [-0.25, -0.2) is 0 Å². The van der Waals surface area contributed by atoms with Crippen LogP contribution in [0.2, 0.25) is 0 Å². The number of hydrogen-bond acceptors (Lipinski definition) is 6. The highest BCUT2D eigenvalue weighted by Crippen LogP contribution is 2.16. The smallest absolute Gasteiger partial charge is 0.338 e. The van der Waals surface area contributed by atoms with Crippen LogP contribution in [0.1, 0.15) is 31.7 Å². The number of allylic oxidation sites excluding steroid dienone is 2. The van der Waals surface area contributed by atoms with E-state index in [0.717, 1.165) is 5.56 Å². The van der Waals surface area contributed by atoms with Gasteiger partial charge in [-0.3, -0.25) is 9.59 Å². The molecule has 1 aromatic rings. The largest absolute Gasteiger partial charge is 0.469 e. The van der Waals surface area contributed by atoms with Crippen molar-refractivity contribution in [1.29, 1.82) is 0 Å². The number of aryl methyl sites for hydroxylation is 1. The van der Waals surface area contributed by atoms with Gasteiger partial charge >= 0.3 is 16.1 Å². The lowest BCUT2D eigenvalue weighted by molar-refractivity contribution is -0.143. The van der Waals surface area contributed by atoms with Crippen LogP contribution in [0.3, 0.4) is 0 Å². The van der Waals surface area contributed by atoms with E-state index in [1.165, 1.54) is 32.2 Å². The molecule has 0 aliphatic rings. The van der Waals surface area contributed by atoms with Crippen LogP contribution in [0, 0.1) is 6.92 Å². The molecule has 0 unspecified atom stereocenters. The minimum absolute atomic E-state index is 0.0672. The Hall–Kier alpha value is -2.15. The first kappa shape index (κ1) is 18.9. The molecule has 1 aromatic carbocycles. The summed E-state index contributed by atoms with van der Waals surface area (Å²) in [5.74, 6) is -0.687. The van der Waals surface area contributed by atoms with Crippen LogP contribution in [0.15, 0.2) is 41.0 Å². The van der Waals surface area contributed by atoms with Crippen molar-refractivity contribution < 1.29 is 26.9 Å². The first-order chi connectivity index (χ1) is 10.7. The third-order valence-corrected chi connectivity index (χ3v) is 4.31. The van der Waals surface area contributed by atoms with Gasteiger partial charge in [0.05, 0.1) is 7.11 Å².